The lowest BCUT2D eigenvalue weighted by Gasteiger charge is -2.16. The lowest BCUT2D eigenvalue weighted by molar-refractivity contribution is 0.556. The summed E-state index contributed by atoms with van der Waals surface area (Å²) >= 11 is 1.64. The van der Waals surface area contributed by atoms with E-state index in [9.17, 15) is 8.78 Å². The first-order chi connectivity index (χ1) is 11.1. The number of benzene rings is 1. The number of aliphatic imine (C=N–C) groups is 1. The van der Waals surface area contributed by atoms with Crippen molar-refractivity contribution in [2.24, 2.45) is 4.99 Å². The minimum absolute atomic E-state index is 0.0967. The molecule has 0 saturated heterocycles. The molecule has 0 aliphatic heterocycles. The van der Waals surface area contributed by atoms with Gasteiger partial charge in [0.1, 0.15) is 11.6 Å². The molecule has 0 amide bonds. The van der Waals surface area contributed by atoms with Crippen molar-refractivity contribution >= 4 is 17.3 Å². The van der Waals surface area contributed by atoms with Gasteiger partial charge in [-0.15, -0.1) is 0 Å². The van der Waals surface area contributed by atoms with E-state index in [0.717, 1.165) is 18.2 Å². The third-order valence-corrected chi connectivity index (χ3v) is 4.15. The summed E-state index contributed by atoms with van der Waals surface area (Å²) in [4.78, 5) is 4.51. The Labute approximate surface area is 139 Å². The molecule has 0 aliphatic carbocycles. The van der Waals surface area contributed by atoms with E-state index in [4.69, 9.17) is 0 Å². The van der Waals surface area contributed by atoms with Crippen molar-refractivity contribution in [2.45, 2.75) is 26.3 Å². The summed E-state index contributed by atoms with van der Waals surface area (Å²) in [6.45, 7) is 5.74. The molecule has 124 valence electrons. The predicted molar refractivity (Wildman–Crippen MR) is 91.9 cm³/mol. The summed E-state index contributed by atoms with van der Waals surface area (Å²) in [5, 5.41) is 10.4. The summed E-state index contributed by atoms with van der Waals surface area (Å²) in [5.74, 6) is -0.481. The van der Waals surface area contributed by atoms with E-state index in [2.05, 4.69) is 21.0 Å². The van der Waals surface area contributed by atoms with Crippen LogP contribution >= 0.6 is 11.3 Å². The lowest BCUT2D eigenvalue weighted by atomic mass is 10.0. The summed E-state index contributed by atoms with van der Waals surface area (Å²) < 4.78 is 26.8. The van der Waals surface area contributed by atoms with Crippen molar-refractivity contribution in [1.82, 2.24) is 10.6 Å². The van der Waals surface area contributed by atoms with Crippen molar-refractivity contribution in [3.05, 3.63) is 57.8 Å². The fraction of sp³-hybridized carbons (Fsp3) is 0.353. The van der Waals surface area contributed by atoms with Gasteiger partial charge >= 0.3 is 0 Å². The molecule has 1 heterocycles. The monoisotopic (exact) mass is 337 g/mol. The number of guanidine groups is 1. The molecule has 1 aromatic carbocycles. The van der Waals surface area contributed by atoms with Gasteiger partial charge in [-0.3, -0.25) is 0 Å². The number of rotatable bonds is 6. The predicted octanol–water partition coefficient (Wildman–Crippen LogP) is 3.89. The Bertz CT molecular complexity index is 641. The minimum Gasteiger partial charge on any atom is -0.357 e. The quantitative estimate of drug-likeness (QED) is 0.620. The Balaban J connectivity index is 1.96. The van der Waals surface area contributed by atoms with Crippen molar-refractivity contribution in [2.75, 3.05) is 13.1 Å². The second kappa shape index (κ2) is 8.62. The summed E-state index contributed by atoms with van der Waals surface area (Å²) in [6, 6.07) is 5.73. The van der Waals surface area contributed by atoms with Gasteiger partial charge in [-0.05, 0) is 40.9 Å². The molecule has 23 heavy (non-hydrogen) atoms. The van der Waals surface area contributed by atoms with Gasteiger partial charge in [0.15, 0.2) is 5.96 Å². The zero-order chi connectivity index (χ0) is 16.7. The van der Waals surface area contributed by atoms with Crippen molar-refractivity contribution in [1.29, 1.82) is 0 Å². The fourth-order valence-corrected chi connectivity index (χ4v) is 2.82. The first-order valence-electron chi connectivity index (χ1n) is 7.58. The minimum atomic E-state index is -0.558. The highest BCUT2D eigenvalue weighted by Crippen LogP contribution is 2.19. The van der Waals surface area contributed by atoms with Crippen LogP contribution in [-0.4, -0.2) is 19.0 Å². The average molecular weight is 337 g/mol. The van der Waals surface area contributed by atoms with E-state index < -0.39 is 11.6 Å². The van der Waals surface area contributed by atoms with Gasteiger partial charge in [-0.1, -0.05) is 13.0 Å². The fourth-order valence-electron chi connectivity index (χ4n) is 2.16. The standard InChI is InChI=1S/C17H21F2N3S/c1-3-20-17(22-10-13-6-7-23-11-13)21-9-12(2)15-5-4-14(18)8-16(15)19/h4-8,11-12H,3,9-10H2,1-2H3,(H2,20,21,22). The Morgan fingerprint density at radius 2 is 2.09 bits per heavy atom. The second-order valence-electron chi connectivity index (χ2n) is 5.27. The average Bonchev–Trinajstić information content (AvgIpc) is 3.03. The molecule has 2 rings (SSSR count). The van der Waals surface area contributed by atoms with Crippen LogP contribution in [0.1, 0.15) is 30.9 Å². The zero-order valence-electron chi connectivity index (χ0n) is 13.3. The number of hydrogen-bond donors (Lipinski definition) is 2. The van der Waals surface area contributed by atoms with Gasteiger partial charge in [0, 0.05) is 25.1 Å². The molecule has 2 N–H and O–H groups in total. The Kier molecular flexibility index (Phi) is 6.52. The van der Waals surface area contributed by atoms with Crippen LogP contribution in [0, 0.1) is 11.6 Å². The Morgan fingerprint density at radius 1 is 1.26 bits per heavy atom. The summed E-state index contributed by atoms with van der Waals surface area (Å²) in [7, 11) is 0. The number of halogens is 2. The molecule has 0 fully saturated rings. The van der Waals surface area contributed by atoms with Crippen molar-refractivity contribution < 1.29 is 8.78 Å². The molecular formula is C17H21F2N3S. The van der Waals surface area contributed by atoms with Crippen LogP contribution in [0.4, 0.5) is 8.78 Å². The number of nitrogens with one attached hydrogen (secondary N) is 2. The normalized spacial score (nSPS) is 13.0. The van der Waals surface area contributed by atoms with E-state index in [1.54, 1.807) is 11.3 Å². The summed E-state index contributed by atoms with van der Waals surface area (Å²) in [5.41, 5.74) is 1.65. The van der Waals surface area contributed by atoms with E-state index in [0.29, 0.717) is 24.6 Å². The molecule has 1 unspecified atom stereocenters. The maximum atomic E-state index is 13.8. The molecule has 0 saturated carbocycles. The van der Waals surface area contributed by atoms with Crippen molar-refractivity contribution in [3.63, 3.8) is 0 Å². The largest absolute Gasteiger partial charge is 0.357 e. The first kappa shape index (κ1) is 17.4. The van der Waals surface area contributed by atoms with Crippen molar-refractivity contribution in [3.8, 4) is 0 Å². The molecule has 0 radical (unpaired) electrons. The van der Waals surface area contributed by atoms with Gasteiger partial charge in [-0.2, -0.15) is 11.3 Å². The molecule has 1 aromatic heterocycles. The van der Waals surface area contributed by atoms with Crippen LogP contribution < -0.4 is 10.6 Å². The smallest absolute Gasteiger partial charge is 0.191 e. The highest BCUT2D eigenvalue weighted by molar-refractivity contribution is 7.07. The lowest BCUT2D eigenvalue weighted by Crippen LogP contribution is -2.39. The first-order valence-corrected chi connectivity index (χ1v) is 8.52. The topological polar surface area (TPSA) is 36.4 Å². The van der Waals surface area contributed by atoms with Crippen LogP contribution in [0.3, 0.4) is 0 Å². The maximum absolute atomic E-state index is 13.8. The molecule has 0 aliphatic rings. The van der Waals surface area contributed by atoms with E-state index >= 15 is 0 Å². The van der Waals surface area contributed by atoms with E-state index in [-0.39, 0.29) is 5.92 Å². The van der Waals surface area contributed by atoms with Gasteiger partial charge in [-0.25, -0.2) is 13.8 Å². The SMILES string of the molecule is CCNC(=NCc1ccsc1)NCC(C)c1ccc(F)cc1F. The number of thiophene rings is 1. The zero-order valence-corrected chi connectivity index (χ0v) is 14.1. The maximum Gasteiger partial charge on any atom is 0.191 e. The van der Waals surface area contributed by atoms with Crippen LogP contribution in [0.5, 0.6) is 0 Å². The molecule has 6 heteroatoms. The van der Waals surface area contributed by atoms with Gasteiger partial charge in [0.25, 0.3) is 0 Å². The van der Waals surface area contributed by atoms with Crippen LogP contribution in [-0.2, 0) is 6.54 Å². The molecular weight excluding hydrogens is 316 g/mol. The highest BCUT2D eigenvalue weighted by Gasteiger charge is 2.12. The highest BCUT2D eigenvalue weighted by atomic mass is 32.1. The van der Waals surface area contributed by atoms with Gasteiger partial charge in [0.2, 0.25) is 0 Å². The van der Waals surface area contributed by atoms with Crippen LogP contribution in [0.25, 0.3) is 0 Å². The van der Waals surface area contributed by atoms with Crippen LogP contribution in [0.2, 0.25) is 0 Å². The molecule has 2 aromatic rings. The summed E-state index contributed by atoms with van der Waals surface area (Å²) in [6.07, 6.45) is 0. The van der Waals surface area contributed by atoms with Gasteiger partial charge < -0.3 is 10.6 Å². The molecule has 0 spiro atoms. The number of hydrogen-bond acceptors (Lipinski definition) is 2. The molecule has 1 atom stereocenters. The molecule has 0 bridgehead atoms. The number of nitrogens with zero attached hydrogens (tertiary/aromatic N) is 1. The van der Waals surface area contributed by atoms with Gasteiger partial charge in [0.05, 0.1) is 6.54 Å². The molecule has 3 nitrogen and oxygen atoms in total. The van der Waals surface area contributed by atoms with E-state index in [1.165, 1.54) is 12.1 Å². The van der Waals surface area contributed by atoms with Crippen LogP contribution in [0.15, 0.2) is 40.0 Å². The van der Waals surface area contributed by atoms with E-state index in [1.807, 2.05) is 25.3 Å². The Hall–Kier alpha value is -1.95. The third kappa shape index (κ3) is 5.32. The second-order valence-corrected chi connectivity index (χ2v) is 6.05. The third-order valence-electron chi connectivity index (χ3n) is 3.41. The Morgan fingerprint density at radius 3 is 2.74 bits per heavy atom.